The highest BCUT2D eigenvalue weighted by atomic mass is 79.9. The highest BCUT2D eigenvalue weighted by Crippen LogP contribution is 2.41. The lowest BCUT2D eigenvalue weighted by molar-refractivity contribution is 1.61. The minimum absolute atomic E-state index is 1.23. The van der Waals surface area contributed by atoms with E-state index >= 15 is 0 Å². The summed E-state index contributed by atoms with van der Waals surface area (Å²) < 4.78 is 1.23. The van der Waals surface area contributed by atoms with Crippen molar-refractivity contribution in [1.29, 1.82) is 0 Å². The molecule has 0 aliphatic heterocycles. The number of benzene rings is 5. The van der Waals surface area contributed by atoms with Gasteiger partial charge in [0.25, 0.3) is 0 Å². The van der Waals surface area contributed by atoms with E-state index in [4.69, 9.17) is 0 Å². The lowest BCUT2D eigenvalue weighted by Crippen LogP contribution is -2.49. The third-order valence-corrected chi connectivity index (χ3v) is 9.39. The van der Waals surface area contributed by atoms with E-state index in [9.17, 15) is 0 Å². The highest BCUT2D eigenvalue weighted by molar-refractivity contribution is 9.10. The molecule has 0 spiro atoms. The van der Waals surface area contributed by atoms with Crippen molar-refractivity contribution in [2.75, 3.05) is 0 Å². The molecule has 0 nitrogen and oxygen atoms in total. The second kappa shape index (κ2) is 8.93. The van der Waals surface area contributed by atoms with Crippen LogP contribution in [0.3, 0.4) is 0 Å². The minimum Gasteiger partial charge on any atom is -0.101 e. The molecule has 0 aliphatic rings. The lowest BCUT2D eigenvalue weighted by atomic mass is 9.60. The molecular formula is C26H25B8Br. The van der Waals surface area contributed by atoms with Crippen LogP contribution in [0, 0.1) is 0 Å². The molecule has 0 N–H and O–H groups in total. The number of hydrogen-bond acceptors (Lipinski definition) is 0. The zero-order valence-corrected chi connectivity index (χ0v) is 23.7. The van der Waals surface area contributed by atoms with Crippen molar-refractivity contribution in [1.82, 2.24) is 0 Å². The molecule has 160 valence electrons. The van der Waals surface area contributed by atoms with Crippen molar-refractivity contribution in [3.63, 3.8) is 0 Å². The first kappa shape index (κ1) is 24.3. The quantitative estimate of drug-likeness (QED) is 0.166. The molecule has 0 radical (unpaired) electrons. The van der Waals surface area contributed by atoms with Crippen molar-refractivity contribution in [2.24, 2.45) is 0 Å². The van der Waals surface area contributed by atoms with Gasteiger partial charge in [0, 0.05) is 4.47 Å². The van der Waals surface area contributed by atoms with Gasteiger partial charge >= 0.3 is 0 Å². The first-order valence-corrected chi connectivity index (χ1v) is 13.2. The van der Waals surface area contributed by atoms with E-state index in [1.807, 2.05) is 0 Å². The molecule has 5 rings (SSSR count). The smallest absolute Gasteiger partial charge is 0.101 e. The Morgan fingerprint density at radius 2 is 0.771 bits per heavy atom. The summed E-state index contributed by atoms with van der Waals surface area (Å²) in [5.74, 6) is 0. The highest BCUT2D eigenvalue weighted by Gasteiger charge is 2.24. The van der Waals surface area contributed by atoms with Gasteiger partial charge in [-0.2, -0.15) is 0 Å². The van der Waals surface area contributed by atoms with Crippen LogP contribution < -0.4 is 43.7 Å². The molecule has 0 unspecified atom stereocenters. The molecule has 5 aromatic carbocycles. The molecule has 35 heavy (non-hydrogen) atoms. The average molecular weight is 504 g/mol. The first-order chi connectivity index (χ1) is 16.7. The fourth-order valence-corrected chi connectivity index (χ4v) is 6.88. The largest absolute Gasteiger partial charge is 0.139 e. The van der Waals surface area contributed by atoms with Crippen molar-refractivity contribution < 1.29 is 0 Å². The number of fused-ring (bicyclic) bond motifs is 2. The van der Waals surface area contributed by atoms with Gasteiger partial charge < -0.3 is 0 Å². The molecular weight excluding hydrogens is 479 g/mol. The summed E-state index contributed by atoms with van der Waals surface area (Å²) in [6.07, 6.45) is 0. The standard InChI is InChI=1S/C26H25B8Br/c27-18-14-13(12-9-5-4-8-11(12)10-6-2-1-3-7-10)15-17(21(30)25(34)23(32)19(15)28)26(35)16(14)20(29)24(33)22(18)31/h1-9H,27-34H2. The minimum atomic E-state index is 1.23. The number of hydrogen-bond donors (Lipinski definition) is 0. The van der Waals surface area contributed by atoms with Crippen LogP contribution in [-0.2, 0) is 0 Å². The second-order valence-electron chi connectivity index (χ2n) is 10.1. The normalized spacial score (nSPS) is 11.3. The summed E-state index contributed by atoms with van der Waals surface area (Å²) in [6, 6.07) is 19.8. The van der Waals surface area contributed by atoms with Crippen LogP contribution in [0.15, 0.2) is 59.1 Å². The van der Waals surface area contributed by atoms with Crippen LogP contribution in [0.4, 0.5) is 0 Å². The van der Waals surface area contributed by atoms with Gasteiger partial charge in [-0.1, -0.05) is 76.4 Å². The average Bonchev–Trinajstić information content (AvgIpc) is 2.88. The van der Waals surface area contributed by atoms with Crippen LogP contribution in [0.1, 0.15) is 0 Å². The van der Waals surface area contributed by atoms with Crippen molar-refractivity contribution in [3.8, 4) is 22.3 Å². The van der Waals surface area contributed by atoms with E-state index in [0.29, 0.717) is 0 Å². The Morgan fingerprint density at radius 1 is 0.400 bits per heavy atom. The third kappa shape index (κ3) is 3.53. The van der Waals surface area contributed by atoms with Crippen LogP contribution >= 0.6 is 15.9 Å². The lowest BCUT2D eigenvalue weighted by Gasteiger charge is -2.27. The monoisotopic (exact) mass is 504 g/mol. The van der Waals surface area contributed by atoms with E-state index in [1.165, 1.54) is 92.0 Å². The van der Waals surface area contributed by atoms with Gasteiger partial charge in [0.2, 0.25) is 0 Å². The fraction of sp³-hybridized carbons (Fsp3) is 0. The maximum absolute atomic E-state index is 4.14. The van der Waals surface area contributed by atoms with Gasteiger partial charge in [0.15, 0.2) is 0 Å². The summed E-state index contributed by atoms with van der Waals surface area (Å²) in [7, 11) is 18.3. The Morgan fingerprint density at radius 3 is 1.23 bits per heavy atom. The van der Waals surface area contributed by atoms with E-state index in [-0.39, 0.29) is 0 Å². The Bertz CT molecular complexity index is 1600. The SMILES string of the molecule is Bc1c(B)c(B)c2c(-c3ccccc3-c3ccccc3)c3c(B)c(B)c(B)c(B)c3c(Br)c2c1B. The Balaban J connectivity index is 2.16. The molecule has 0 amide bonds. The molecule has 0 saturated carbocycles. The predicted molar refractivity (Wildman–Crippen MR) is 185 cm³/mol. The molecule has 0 heterocycles. The zero-order valence-electron chi connectivity index (χ0n) is 22.1. The third-order valence-electron chi connectivity index (χ3n) is 8.60. The zero-order chi connectivity index (χ0) is 25.2. The molecule has 0 aromatic heterocycles. The fourth-order valence-electron chi connectivity index (χ4n) is 5.89. The van der Waals surface area contributed by atoms with Crippen LogP contribution in [0.2, 0.25) is 0 Å². The van der Waals surface area contributed by atoms with E-state index in [2.05, 4.69) is 133 Å². The van der Waals surface area contributed by atoms with Gasteiger partial charge in [-0.05, 0) is 59.7 Å². The van der Waals surface area contributed by atoms with Crippen molar-refractivity contribution in [3.05, 3.63) is 59.1 Å². The summed E-state index contributed by atoms with van der Waals surface area (Å²) in [5.41, 5.74) is 16.2. The molecule has 0 saturated heterocycles. The van der Waals surface area contributed by atoms with Crippen molar-refractivity contribution >= 4 is 144 Å². The maximum atomic E-state index is 4.14. The number of halogens is 1. The summed E-state index contributed by atoms with van der Waals surface area (Å²) >= 11 is 4.14. The second-order valence-corrected chi connectivity index (χ2v) is 10.9. The van der Waals surface area contributed by atoms with Gasteiger partial charge in [-0.25, -0.2) is 0 Å². The van der Waals surface area contributed by atoms with Crippen LogP contribution in [-0.4, -0.2) is 62.8 Å². The summed E-state index contributed by atoms with van der Waals surface area (Å²) in [5, 5.41) is 5.45. The van der Waals surface area contributed by atoms with E-state index in [1.54, 1.807) is 0 Å². The first-order valence-electron chi connectivity index (χ1n) is 12.4. The van der Waals surface area contributed by atoms with Crippen molar-refractivity contribution in [2.45, 2.75) is 0 Å². The molecule has 0 atom stereocenters. The van der Waals surface area contributed by atoms with Crippen LogP contribution in [0.5, 0.6) is 0 Å². The molecule has 5 aromatic rings. The number of rotatable bonds is 2. The Labute approximate surface area is 224 Å². The summed E-state index contributed by atoms with van der Waals surface area (Å²) in [6.45, 7) is 0. The van der Waals surface area contributed by atoms with E-state index in [0.717, 1.165) is 0 Å². The van der Waals surface area contributed by atoms with Gasteiger partial charge in [0.05, 0.1) is 0 Å². The van der Waals surface area contributed by atoms with Gasteiger partial charge in [-0.3, -0.25) is 0 Å². The molecule has 9 heteroatoms. The van der Waals surface area contributed by atoms with Gasteiger partial charge in [-0.15, -0.1) is 21.9 Å². The Kier molecular flexibility index (Phi) is 6.20. The van der Waals surface area contributed by atoms with Gasteiger partial charge in [0.1, 0.15) is 62.8 Å². The summed E-state index contributed by atoms with van der Waals surface area (Å²) in [4.78, 5) is 0. The molecule has 0 fully saturated rings. The topological polar surface area (TPSA) is 0 Å². The maximum Gasteiger partial charge on any atom is 0.139 e. The molecule has 0 bridgehead atoms. The molecule has 0 aliphatic carbocycles. The van der Waals surface area contributed by atoms with Crippen LogP contribution in [0.25, 0.3) is 43.8 Å². The Hall–Kier alpha value is -2.38. The van der Waals surface area contributed by atoms with E-state index < -0.39 is 0 Å². The predicted octanol–water partition coefficient (Wildman–Crippen LogP) is -5.84.